The van der Waals surface area contributed by atoms with E-state index in [9.17, 15) is 13.2 Å². The van der Waals surface area contributed by atoms with Gasteiger partial charge in [0, 0.05) is 18.6 Å². The molecule has 2 fully saturated rings. The Labute approximate surface area is 126 Å². The Balaban J connectivity index is 1.92. The standard InChI is InChI=1S/C16H29F3N2/c1-3-21-10-6-7-13(11-21)12(2)20-15-9-5-4-8-14(15)16(17,18)19/h12-15,20H,3-11H2,1-2H3. The molecule has 0 aromatic heterocycles. The Kier molecular flexibility index (Phi) is 5.95. The van der Waals surface area contributed by atoms with Crippen molar-refractivity contribution in [2.24, 2.45) is 11.8 Å². The lowest BCUT2D eigenvalue weighted by Gasteiger charge is -2.40. The molecule has 124 valence electrons. The van der Waals surface area contributed by atoms with Crippen molar-refractivity contribution in [3.05, 3.63) is 0 Å². The van der Waals surface area contributed by atoms with E-state index in [0.29, 0.717) is 25.2 Å². The largest absolute Gasteiger partial charge is 0.393 e. The number of nitrogens with zero attached hydrogens (tertiary/aromatic N) is 1. The Morgan fingerprint density at radius 2 is 1.86 bits per heavy atom. The summed E-state index contributed by atoms with van der Waals surface area (Å²) in [5.41, 5.74) is 0. The minimum absolute atomic E-state index is 0.173. The normalized spacial score (nSPS) is 33.9. The predicted molar refractivity (Wildman–Crippen MR) is 79.2 cm³/mol. The van der Waals surface area contributed by atoms with Crippen LogP contribution in [0.25, 0.3) is 0 Å². The van der Waals surface area contributed by atoms with E-state index >= 15 is 0 Å². The van der Waals surface area contributed by atoms with Crippen LogP contribution < -0.4 is 5.32 Å². The van der Waals surface area contributed by atoms with Gasteiger partial charge in [-0.3, -0.25) is 0 Å². The van der Waals surface area contributed by atoms with Crippen LogP contribution in [0.5, 0.6) is 0 Å². The average molecular weight is 306 g/mol. The summed E-state index contributed by atoms with van der Waals surface area (Å²) < 4.78 is 39.5. The van der Waals surface area contributed by atoms with Gasteiger partial charge in [-0.15, -0.1) is 0 Å². The summed E-state index contributed by atoms with van der Waals surface area (Å²) in [6.07, 6.45) is 0.830. The van der Waals surface area contributed by atoms with Gasteiger partial charge in [0.25, 0.3) is 0 Å². The van der Waals surface area contributed by atoms with Gasteiger partial charge in [-0.25, -0.2) is 0 Å². The minimum atomic E-state index is -4.06. The van der Waals surface area contributed by atoms with Gasteiger partial charge >= 0.3 is 6.18 Å². The molecule has 0 aromatic carbocycles. The highest BCUT2D eigenvalue weighted by molar-refractivity contribution is 4.89. The summed E-state index contributed by atoms with van der Waals surface area (Å²) in [7, 11) is 0. The fourth-order valence-corrected chi connectivity index (χ4v) is 3.98. The summed E-state index contributed by atoms with van der Waals surface area (Å²) in [4.78, 5) is 2.41. The number of likely N-dealkylation sites (tertiary alicyclic amines) is 1. The monoisotopic (exact) mass is 306 g/mol. The highest BCUT2D eigenvalue weighted by Gasteiger charge is 2.46. The molecular weight excluding hydrogens is 277 g/mol. The van der Waals surface area contributed by atoms with E-state index in [1.165, 1.54) is 0 Å². The van der Waals surface area contributed by atoms with Gasteiger partial charge in [0.2, 0.25) is 0 Å². The van der Waals surface area contributed by atoms with E-state index in [0.717, 1.165) is 38.9 Å². The number of alkyl halides is 3. The number of hydrogen-bond acceptors (Lipinski definition) is 2. The fourth-order valence-electron chi connectivity index (χ4n) is 3.98. The first-order valence-electron chi connectivity index (χ1n) is 8.47. The van der Waals surface area contributed by atoms with E-state index in [1.54, 1.807) is 0 Å². The van der Waals surface area contributed by atoms with Gasteiger partial charge in [0.05, 0.1) is 5.92 Å². The quantitative estimate of drug-likeness (QED) is 0.849. The number of halogens is 3. The second kappa shape index (κ2) is 7.32. The SMILES string of the molecule is CCN1CCCC(C(C)NC2CCCCC2C(F)(F)F)C1. The Hall–Kier alpha value is -0.290. The third-order valence-electron chi connectivity index (χ3n) is 5.36. The van der Waals surface area contributed by atoms with Crippen molar-refractivity contribution in [1.82, 2.24) is 10.2 Å². The third-order valence-corrected chi connectivity index (χ3v) is 5.36. The summed E-state index contributed by atoms with van der Waals surface area (Å²) in [5, 5.41) is 3.34. The van der Waals surface area contributed by atoms with Crippen molar-refractivity contribution in [3.8, 4) is 0 Å². The highest BCUT2D eigenvalue weighted by Crippen LogP contribution is 2.38. The lowest BCUT2D eigenvalue weighted by atomic mass is 9.82. The topological polar surface area (TPSA) is 15.3 Å². The Morgan fingerprint density at radius 1 is 1.14 bits per heavy atom. The molecule has 2 rings (SSSR count). The Bertz CT molecular complexity index is 319. The van der Waals surface area contributed by atoms with E-state index in [4.69, 9.17) is 0 Å². The van der Waals surface area contributed by atoms with E-state index in [-0.39, 0.29) is 12.1 Å². The zero-order chi connectivity index (χ0) is 15.5. The number of piperidine rings is 1. The molecule has 4 unspecified atom stereocenters. The lowest BCUT2D eigenvalue weighted by Crippen LogP contribution is -2.52. The van der Waals surface area contributed by atoms with Crippen LogP contribution in [-0.4, -0.2) is 42.8 Å². The van der Waals surface area contributed by atoms with Crippen LogP contribution >= 0.6 is 0 Å². The van der Waals surface area contributed by atoms with Crippen LogP contribution in [0.1, 0.15) is 52.4 Å². The molecule has 0 aromatic rings. The van der Waals surface area contributed by atoms with Gasteiger partial charge in [0.1, 0.15) is 0 Å². The molecule has 1 aliphatic carbocycles. The molecule has 1 heterocycles. The van der Waals surface area contributed by atoms with Crippen molar-refractivity contribution in [1.29, 1.82) is 0 Å². The molecule has 2 aliphatic rings. The minimum Gasteiger partial charge on any atom is -0.311 e. The number of rotatable bonds is 4. The lowest BCUT2D eigenvalue weighted by molar-refractivity contribution is -0.189. The molecule has 0 radical (unpaired) electrons. The summed E-state index contributed by atoms with van der Waals surface area (Å²) >= 11 is 0. The van der Waals surface area contributed by atoms with Gasteiger partial charge in [-0.05, 0) is 51.6 Å². The average Bonchev–Trinajstić information content (AvgIpc) is 2.46. The van der Waals surface area contributed by atoms with Crippen LogP contribution in [0.15, 0.2) is 0 Å². The van der Waals surface area contributed by atoms with Crippen molar-refractivity contribution >= 4 is 0 Å². The molecule has 1 aliphatic heterocycles. The molecule has 0 bridgehead atoms. The molecule has 5 heteroatoms. The summed E-state index contributed by atoms with van der Waals surface area (Å²) in [6.45, 7) is 7.42. The van der Waals surface area contributed by atoms with Crippen molar-refractivity contribution < 1.29 is 13.2 Å². The fraction of sp³-hybridized carbons (Fsp3) is 1.00. The van der Waals surface area contributed by atoms with Crippen LogP contribution in [0.2, 0.25) is 0 Å². The molecule has 0 spiro atoms. The maximum atomic E-state index is 13.2. The van der Waals surface area contributed by atoms with E-state index in [2.05, 4.69) is 24.1 Å². The van der Waals surface area contributed by atoms with Crippen molar-refractivity contribution in [2.45, 2.75) is 70.6 Å². The van der Waals surface area contributed by atoms with Gasteiger partial charge in [-0.1, -0.05) is 19.8 Å². The summed E-state index contributed by atoms with van der Waals surface area (Å²) in [5.74, 6) is -0.672. The first-order chi connectivity index (χ1) is 9.91. The zero-order valence-electron chi connectivity index (χ0n) is 13.3. The van der Waals surface area contributed by atoms with Crippen LogP contribution in [-0.2, 0) is 0 Å². The van der Waals surface area contributed by atoms with Crippen LogP contribution in [0.3, 0.4) is 0 Å². The molecular formula is C16H29F3N2. The summed E-state index contributed by atoms with van der Waals surface area (Å²) in [6, 6.07) is -0.210. The van der Waals surface area contributed by atoms with Gasteiger partial charge < -0.3 is 10.2 Å². The van der Waals surface area contributed by atoms with Crippen LogP contribution in [0.4, 0.5) is 13.2 Å². The van der Waals surface area contributed by atoms with Crippen LogP contribution in [0, 0.1) is 11.8 Å². The smallest absolute Gasteiger partial charge is 0.311 e. The van der Waals surface area contributed by atoms with Gasteiger partial charge in [-0.2, -0.15) is 13.2 Å². The van der Waals surface area contributed by atoms with Gasteiger partial charge in [0.15, 0.2) is 0 Å². The molecule has 0 amide bonds. The Morgan fingerprint density at radius 3 is 2.52 bits per heavy atom. The zero-order valence-corrected chi connectivity index (χ0v) is 13.3. The first kappa shape index (κ1) is 17.1. The first-order valence-corrected chi connectivity index (χ1v) is 8.47. The molecule has 4 atom stereocenters. The molecule has 1 N–H and O–H groups in total. The van der Waals surface area contributed by atoms with Crippen molar-refractivity contribution in [2.75, 3.05) is 19.6 Å². The molecule has 1 saturated carbocycles. The second-order valence-corrected chi connectivity index (χ2v) is 6.79. The predicted octanol–water partition coefficient (Wildman–Crippen LogP) is 3.82. The maximum absolute atomic E-state index is 13.2. The molecule has 21 heavy (non-hydrogen) atoms. The highest BCUT2D eigenvalue weighted by atomic mass is 19.4. The number of nitrogens with one attached hydrogen (secondary N) is 1. The second-order valence-electron chi connectivity index (χ2n) is 6.79. The third kappa shape index (κ3) is 4.59. The molecule has 2 nitrogen and oxygen atoms in total. The maximum Gasteiger partial charge on any atom is 0.393 e. The van der Waals surface area contributed by atoms with E-state index < -0.39 is 12.1 Å². The van der Waals surface area contributed by atoms with E-state index in [1.807, 2.05) is 0 Å². The number of hydrogen-bond donors (Lipinski definition) is 1. The molecule has 1 saturated heterocycles. The van der Waals surface area contributed by atoms with Crippen molar-refractivity contribution in [3.63, 3.8) is 0 Å².